The molecule has 1 aliphatic rings. The molecular formula is C12H18Br6. The van der Waals surface area contributed by atoms with Crippen LogP contribution in [0.1, 0.15) is 38.5 Å². The summed E-state index contributed by atoms with van der Waals surface area (Å²) in [5, 5.41) is 0. The van der Waals surface area contributed by atoms with E-state index >= 15 is 0 Å². The van der Waals surface area contributed by atoms with Crippen molar-refractivity contribution in [3.8, 4) is 0 Å². The third-order valence-corrected chi connectivity index (χ3v) is 12.0. The summed E-state index contributed by atoms with van der Waals surface area (Å²) in [6, 6.07) is 0. The van der Waals surface area contributed by atoms with Gasteiger partial charge in [-0.3, -0.25) is 0 Å². The maximum absolute atomic E-state index is 3.82. The van der Waals surface area contributed by atoms with Gasteiger partial charge in [0.1, 0.15) is 0 Å². The summed E-state index contributed by atoms with van der Waals surface area (Å²) in [4.78, 5) is 3.36. The molecule has 1 saturated carbocycles. The van der Waals surface area contributed by atoms with E-state index in [-0.39, 0.29) is 0 Å². The number of rotatable bonds is 0. The molecule has 18 heavy (non-hydrogen) atoms. The van der Waals surface area contributed by atoms with Crippen LogP contribution < -0.4 is 0 Å². The van der Waals surface area contributed by atoms with Crippen LogP contribution in [-0.4, -0.2) is 29.0 Å². The Bertz CT molecular complexity index is 175. The minimum atomic E-state index is 0.560. The van der Waals surface area contributed by atoms with Gasteiger partial charge in [0, 0.05) is 29.0 Å². The van der Waals surface area contributed by atoms with Crippen LogP contribution in [0.25, 0.3) is 0 Å². The van der Waals surface area contributed by atoms with Gasteiger partial charge < -0.3 is 0 Å². The highest BCUT2D eigenvalue weighted by atomic mass is 79.9. The van der Waals surface area contributed by atoms with Crippen LogP contribution >= 0.6 is 95.6 Å². The second-order valence-electron chi connectivity index (χ2n) is 4.83. The summed E-state index contributed by atoms with van der Waals surface area (Å²) in [7, 11) is 0. The fraction of sp³-hybridized carbons (Fsp3) is 1.00. The Labute approximate surface area is 161 Å². The molecule has 0 amide bonds. The quantitative estimate of drug-likeness (QED) is 0.252. The first kappa shape index (κ1) is 18.9. The fourth-order valence-electron chi connectivity index (χ4n) is 2.04. The van der Waals surface area contributed by atoms with Crippen molar-refractivity contribution in [2.24, 2.45) is 0 Å². The molecule has 1 fully saturated rings. The molecule has 0 bridgehead atoms. The van der Waals surface area contributed by atoms with Crippen LogP contribution in [0.5, 0.6) is 0 Å². The largest absolute Gasteiger partial charge is 0.0879 e. The van der Waals surface area contributed by atoms with Crippen molar-refractivity contribution in [1.29, 1.82) is 0 Å². The molecule has 0 spiro atoms. The van der Waals surface area contributed by atoms with Gasteiger partial charge in [-0.25, -0.2) is 0 Å². The average molecular weight is 642 g/mol. The number of hydrogen-bond donors (Lipinski definition) is 0. The van der Waals surface area contributed by atoms with E-state index in [2.05, 4.69) is 95.6 Å². The second-order valence-corrected chi connectivity index (χ2v) is 11.9. The topological polar surface area (TPSA) is 0 Å². The monoisotopic (exact) mass is 636 g/mol. The van der Waals surface area contributed by atoms with Gasteiger partial charge in [-0.05, 0) is 38.5 Å². The lowest BCUT2D eigenvalue weighted by Crippen LogP contribution is -2.25. The predicted molar refractivity (Wildman–Crippen MR) is 104 cm³/mol. The minimum Gasteiger partial charge on any atom is -0.0879 e. The minimum absolute atomic E-state index is 0.560. The molecule has 0 aromatic rings. The smallest absolute Gasteiger partial charge is 0.0271 e. The summed E-state index contributed by atoms with van der Waals surface area (Å²) < 4.78 is 0. The van der Waals surface area contributed by atoms with E-state index in [0.717, 1.165) is 0 Å². The van der Waals surface area contributed by atoms with E-state index in [1.54, 1.807) is 0 Å². The van der Waals surface area contributed by atoms with Gasteiger partial charge in [-0.1, -0.05) is 95.6 Å². The van der Waals surface area contributed by atoms with Gasteiger partial charge in [0.05, 0.1) is 0 Å². The molecule has 0 N–H and O–H groups in total. The molecule has 0 aliphatic heterocycles. The zero-order valence-corrected chi connectivity index (χ0v) is 19.5. The van der Waals surface area contributed by atoms with Crippen LogP contribution in [-0.2, 0) is 0 Å². The van der Waals surface area contributed by atoms with Crippen LogP contribution in [0.15, 0.2) is 0 Å². The summed E-state index contributed by atoms with van der Waals surface area (Å²) in [5.41, 5.74) is 0. The first-order chi connectivity index (χ1) is 8.41. The van der Waals surface area contributed by atoms with Crippen molar-refractivity contribution in [3.05, 3.63) is 0 Å². The maximum Gasteiger partial charge on any atom is 0.0271 e. The summed E-state index contributed by atoms with van der Waals surface area (Å²) in [5.74, 6) is 0. The molecule has 1 rings (SSSR count). The lowest BCUT2D eigenvalue weighted by Gasteiger charge is -2.25. The predicted octanol–water partition coefficient (Wildman–Crippen LogP) is 6.92. The Morgan fingerprint density at radius 2 is 0.444 bits per heavy atom. The first-order valence-corrected chi connectivity index (χ1v) is 11.8. The van der Waals surface area contributed by atoms with Gasteiger partial charge in [0.15, 0.2) is 0 Å². The van der Waals surface area contributed by atoms with Gasteiger partial charge in [-0.2, -0.15) is 0 Å². The molecule has 0 heterocycles. The molecule has 0 nitrogen and oxygen atoms in total. The van der Waals surface area contributed by atoms with Gasteiger partial charge >= 0.3 is 0 Å². The Hall–Kier alpha value is 2.88. The van der Waals surface area contributed by atoms with E-state index in [1.807, 2.05) is 0 Å². The first-order valence-electron chi connectivity index (χ1n) is 6.26. The highest BCUT2D eigenvalue weighted by Crippen LogP contribution is 2.34. The number of alkyl halides is 6. The van der Waals surface area contributed by atoms with E-state index in [9.17, 15) is 0 Å². The summed E-state index contributed by atoms with van der Waals surface area (Å²) >= 11 is 22.9. The van der Waals surface area contributed by atoms with E-state index in [0.29, 0.717) is 29.0 Å². The Morgan fingerprint density at radius 1 is 0.333 bits per heavy atom. The van der Waals surface area contributed by atoms with Crippen LogP contribution in [0, 0.1) is 0 Å². The van der Waals surface area contributed by atoms with Crippen LogP contribution in [0.3, 0.4) is 0 Å². The Morgan fingerprint density at radius 3 is 0.556 bits per heavy atom. The maximum atomic E-state index is 3.82. The summed E-state index contributed by atoms with van der Waals surface area (Å²) in [6.07, 6.45) is 7.24. The third-order valence-electron chi connectivity index (χ3n) is 3.33. The SMILES string of the molecule is BrC1CC[C@H](Br)[C@H](Br)CC[C@@H](Br)[C@@H](Br)CC[C@@H]1Br. The highest BCUT2D eigenvalue weighted by Gasteiger charge is 2.25. The summed E-state index contributed by atoms with van der Waals surface area (Å²) in [6.45, 7) is 0. The van der Waals surface area contributed by atoms with E-state index in [1.165, 1.54) is 38.5 Å². The fourth-order valence-corrected chi connectivity index (χ4v) is 5.21. The Balaban J connectivity index is 2.61. The molecule has 1 unspecified atom stereocenters. The molecule has 0 aromatic carbocycles. The molecule has 0 saturated heterocycles. The zero-order chi connectivity index (χ0) is 13.7. The number of halogens is 6. The molecule has 0 radical (unpaired) electrons. The zero-order valence-electron chi connectivity index (χ0n) is 9.97. The number of hydrogen-bond acceptors (Lipinski definition) is 0. The second kappa shape index (κ2) is 9.81. The highest BCUT2D eigenvalue weighted by molar-refractivity contribution is 9.13. The standard InChI is InChI=1S/C12H18Br6/c13-7-1-2-8(14)10(16)5-6-12(18)11(17)4-3-9(7)15/h7-12H,1-6H2/t7-,8-,9+,10+,11+,12?/m1/s1. The molecule has 6 atom stereocenters. The molecule has 108 valence electrons. The lowest BCUT2D eigenvalue weighted by atomic mass is 10.0. The average Bonchev–Trinajstić information content (AvgIpc) is 2.36. The van der Waals surface area contributed by atoms with Crippen LogP contribution in [0.4, 0.5) is 0 Å². The van der Waals surface area contributed by atoms with Crippen molar-refractivity contribution < 1.29 is 0 Å². The lowest BCUT2D eigenvalue weighted by molar-refractivity contribution is 0.557. The molecular weight excluding hydrogens is 624 g/mol. The van der Waals surface area contributed by atoms with Crippen LogP contribution in [0.2, 0.25) is 0 Å². The van der Waals surface area contributed by atoms with Crippen molar-refractivity contribution in [1.82, 2.24) is 0 Å². The Kier molecular flexibility index (Phi) is 10.3. The van der Waals surface area contributed by atoms with Gasteiger partial charge in [0.2, 0.25) is 0 Å². The van der Waals surface area contributed by atoms with Crippen molar-refractivity contribution in [2.75, 3.05) is 0 Å². The molecule has 6 heteroatoms. The molecule has 1 aliphatic carbocycles. The van der Waals surface area contributed by atoms with E-state index < -0.39 is 0 Å². The van der Waals surface area contributed by atoms with Crippen molar-refractivity contribution in [2.45, 2.75) is 67.5 Å². The normalized spacial score (nSPS) is 45.0. The van der Waals surface area contributed by atoms with Crippen molar-refractivity contribution in [3.63, 3.8) is 0 Å². The molecule has 0 aromatic heterocycles. The van der Waals surface area contributed by atoms with E-state index in [4.69, 9.17) is 0 Å². The van der Waals surface area contributed by atoms with Gasteiger partial charge in [0.25, 0.3) is 0 Å². The van der Waals surface area contributed by atoms with Crippen molar-refractivity contribution >= 4 is 95.6 Å². The van der Waals surface area contributed by atoms with Gasteiger partial charge in [-0.15, -0.1) is 0 Å². The third kappa shape index (κ3) is 6.76.